The summed E-state index contributed by atoms with van der Waals surface area (Å²) < 4.78 is 35.4. The van der Waals surface area contributed by atoms with Crippen molar-refractivity contribution in [2.75, 3.05) is 5.32 Å². The van der Waals surface area contributed by atoms with Gasteiger partial charge in [0.25, 0.3) is 15.9 Å². The van der Waals surface area contributed by atoms with Crippen LogP contribution in [0.3, 0.4) is 0 Å². The molecule has 1 atom stereocenters. The normalized spacial score (nSPS) is 19.3. The van der Waals surface area contributed by atoms with Gasteiger partial charge in [-0.1, -0.05) is 47.6 Å². The van der Waals surface area contributed by atoms with Crippen LogP contribution in [-0.2, 0) is 10.0 Å². The molecule has 11 heteroatoms. The Balaban J connectivity index is 1.35. The maximum absolute atomic E-state index is 13.2. The second-order valence-electron chi connectivity index (χ2n) is 8.60. The summed E-state index contributed by atoms with van der Waals surface area (Å²) in [5, 5.41) is 10.9. The number of anilines is 1. The first-order valence-electron chi connectivity index (χ1n) is 11.0. The van der Waals surface area contributed by atoms with Crippen molar-refractivity contribution in [1.29, 1.82) is 0 Å². The molecule has 1 aromatic heterocycles. The average Bonchev–Trinajstić information content (AvgIpc) is 3.29. The second-order valence-corrected chi connectivity index (χ2v) is 11.9. The molecule has 0 bridgehead atoms. The summed E-state index contributed by atoms with van der Waals surface area (Å²) in [6.45, 7) is 0. The third-order valence-electron chi connectivity index (χ3n) is 6.22. The molecular weight excluding hydrogens is 496 g/mol. The largest absolute Gasteiger partial charge is 0.487 e. The van der Waals surface area contributed by atoms with Crippen molar-refractivity contribution >= 4 is 44.0 Å². The summed E-state index contributed by atoms with van der Waals surface area (Å²) in [5.74, 6) is 0.291. The van der Waals surface area contributed by atoms with E-state index in [9.17, 15) is 13.2 Å². The van der Waals surface area contributed by atoms with Crippen molar-refractivity contribution in [3.8, 4) is 5.75 Å². The Morgan fingerprint density at radius 2 is 1.79 bits per heavy atom. The molecule has 2 heterocycles. The van der Waals surface area contributed by atoms with E-state index in [2.05, 4.69) is 20.2 Å². The van der Waals surface area contributed by atoms with Gasteiger partial charge in [-0.05, 0) is 56.0 Å². The Bertz CT molecular complexity index is 1300. The number of nitrogens with one attached hydrogen (secondary N) is 2. The first-order chi connectivity index (χ1) is 16.3. The summed E-state index contributed by atoms with van der Waals surface area (Å²) in [6, 6.07) is 13.4. The highest BCUT2D eigenvalue weighted by Gasteiger charge is 2.43. The van der Waals surface area contributed by atoms with Gasteiger partial charge in [-0.25, -0.2) is 13.1 Å². The first kappa shape index (κ1) is 23.2. The summed E-state index contributed by atoms with van der Waals surface area (Å²) in [4.78, 5) is 12.4. The number of para-hydroxylation sites is 1. The molecule has 5 rings (SSSR count). The standard InChI is InChI=1S/C23H23ClN4O4S2/c24-16-10-8-15(9-11-16)20(29)25-21-26-27-22(33-21)34(30,31)28-18-14-23(12-4-1-5-13-23)32-19-7-3-2-6-17(18)19/h2-3,6-11,18,28H,1,4-5,12-14H2,(H,25,26,29)/t18-/m1/s1. The zero-order valence-electron chi connectivity index (χ0n) is 18.2. The number of benzene rings is 2. The summed E-state index contributed by atoms with van der Waals surface area (Å²) in [6.07, 6.45) is 5.66. The van der Waals surface area contributed by atoms with Crippen molar-refractivity contribution in [2.24, 2.45) is 0 Å². The third-order valence-corrected chi connectivity index (χ3v) is 9.15. The van der Waals surface area contributed by atoms with E-state index in [1.165, 1.54) is 6.42 Å². The molecule has 1 fully saturated rings. The highest BCUT2D eigenvalue weighted by Crippen LogP contribution is 2.46. The number of carbonyl (C=O) groups excluding carboxylic acids is 1. The number of nitrogens with zero attached hydrogens (tertiary/aromatic N) is 2. The lowest BCUT2D eigenvalue weighted by Gasteiger charge is -2.44. The Morgan fingerprint density at radius 1 is 1.06 bits per heavy atom. The number of ether oxygens (including phenoxy) is 1. The summed E-state index contributed by atoms with van der Waals surface area (Å²) in [7, 11) is -3.97. The van der Waals surface area contributed by atoms with E-state index in [1.54, 1.807) is 24.3 Å². The average molecular weight is 519 g/mol. The predicted octanol–water partition coefficient (Wildman–Crippen LogP) is 4.95. The molecule has 2 aliphatic rings. The first-order valence-corrected chi connectivity index (χ1v) is 13.7. The van der Waals surface area contributed by atoms with Crippen LogP contribution in [0.25, 0.3) is 0 Å². The van der Waals surface area contributed by atoms with Crippen LogP contribution in [0.2, 0.25) is 5.02 Å². The van der Waals surface area contributed by atoms with E-state index in [1.807, 2.05) is 24.3 Å². The number of fused-ring (bicyclic) bond motifs is 1. The molecular formula is C23H23ClN4O4S2. The van der Waals surface area contributed by atoms with Crippen LogP contribution in [0, 0.1) is 0 Å². The minimum Gasteiger partial charge on any atom is -0.487 e. The van der Waals surface area contributed by atoms with Crippen LogP contribution in [0.15, 0.2) is 52.9 Å². The fraction of sp³-hybridized carbons (Fsp3) is 0.348. The molecule has 34 heavy (non-hydrogen) atoms. The van der Waals surface area contributed by atoms with E-state index in [4.69, 9.17) is 16.3 Å². The van der Waals surface area contributed by atoms with Crippen molar-refractivity contribution in [1.82, 2.24) is 14.9 Å². The molecule has 1 saturated carbocycles. The highest BCUT2D eigenvalue weighted by atomic mass is 35.5. The Labute approximate surface area is 206 Å². The molecule has 8 nitrogen and oxygen atoms in total. The molecule has 3 aromatic rings. The van der Waals surface area contributed by atoms with Gasteiger partial charge in [0.05, 0.1) is 6.04 Å². The van der Waals surface area contributed by atoms with E-state index in [-0.39, 0.29) is 15.1 Å². The van der Waals surface area contributed by atoms with E-state index in [0.717, 1.165) is 48.3 Å². The number of aromatic nitrogens is 2. The molecule has 2 aromatic carbocycles. The topological polar surface area (TPSA) is 110 Å². The molecule has 0 saturated heterocycles. The monoisotopic (exact) mass is 518 g/mol. The molecule has 1 spiro atoms. The number of hydrogen-bond donors (Lipinski definition) is 2. The van der Waals surface area contributed by atoms with Gasteiger partial charge in [0, 0.05) is 22.6 Å². The highest BCUT2D eigenvalue weighted by molar-refractivity contribution is 7.91. The van der Waals surface area contributed by atoms with E-state index in [0.29, 0.717) is 17.0 Å². The molecule has 0 unspecified atom stereocenters. The van der Waals surface area contributed by atoms with Gasteiger partial charge in [-0.3, -0.25) is 10.1 Å². The van der Waals surface area contributed by atoms with Gasteiger partial charge in [0.2, 0.25) is 9.47 Å². The van der Waals surface area contributed by atoms with Crippen LogP contribution in [-0.4, -0.2) is 30.1 Å². The minimum absolute atomic E-state index is 0.0939. The Hall–Kier alpha value is -2.53. The zero-order chi connectivity index (χ0) is 23.8. The fourth-order valence-electron chi connectivity index (χ4n) is 4.60. The number of sulfonamides is 1. The van der Waals surface area contributed by atoms with Crippen molar-refractivity contribution < 1.29 is 17.9 Å². The number of rotatable bonds is 5. The fourth-order valence-corrected chi connectivity index (χ4v) is 6.86. The van der Waals surface area contributed by atoms with Crippen LogP contribution >= 0.6 is 22.9 Å². The number of halogens is 1. The molecule has 2 N–H and O–H groups in total. The maximum atomic E-state index is 13.2. The van der Waals surface area contributed by atoms with E-state index < -0.39 is 22.0 Å². The van der Waals surface area contributed by atoms with Gasteiger partial charge in [0.1, 0.15) is 11.4 Å². The molecule has 1 aliphatic carbocycles. The lowest BCUT2D eigenvalue weighted by molar-refractivity contribution is 0.0000717. The Kier molecular flexibility index (Phi) is 6.32. The number of hydrogen-bond acceptors (Lipinski definition) is 7. The van der Waals surface area contributed by atoms with Crippen LogP contribution < -0.4 is 14.8 Å². The molecule has 0 radical (unpaired) electrons. The van der Waals surface area contributed by atoms with Gasteiger partial charge in [0.15, 0.2) is 0 Å². The summed E-state index contributed by atoms with van der Waals surface area (Å²) in [5.41, 5.74) is 0.820. The van der Waals surface area contributed by atoms with Crippen molar-refractivity contribution in [3.63, 3.8) is 0 Å². The third kappa shape index (κ3) is 4.81. The van der Waals surface area contributed by atoms with Gasteiger partial charge >= 0.3 is 0 Å². The SMILES string of the molecule is O=C(Nc1nnc(S(=O)(=O)N[C@@H]2CC3(CCCCC3)Oc3ccccc32)s1)c1ccc(Cl)cc1. The van der Waals surface area contributed by atoms with Crippen LogP contribution in [0.1, 0.15) is 60.5 Å². The number of amides is 1. The van der Waals surface area contributed by atoms with Gasteiger partial charge < -0.3 is 4.74 Å². The smallest absolute Gasteiger partial charge is 0.270 e. The quantitative estimate of drug-likeness (QED) is 0.462. The van der Waals surface area contributed by atoms with Crippen LogP contribution in [0.5, 0.6) is 5.75 Å². The van der Waals surface area contributed by atoms with Crippen molar-refractivity contribution in [3.05, 3.63) is 64.7 Å². The second kappa shape index (κ2) is 9.26. The molecule has 1 amide bonds. The maximum Gasteiger partial charge on any atom is 0.270 e. The molecule has 1 aliphatic heterocycles. The van der Waals surface area contributed by atoms with Crippen LogP contribution in [0.4, 0.5) is 5.13 Å². The van der Waals surface area contributed by atoms with Gasteiger partial charge in [-0.2, -0.15) is 0 Å². The van der Waals surface area contributed by atoms with Crippen molar-refractivity contribution in [2.45, 2.75) is 54.5 Å². The lowest BCUT2D eigenvalue weighted by atomic mass is 9.77. The van der Waals surface area contributed by atoms with Gasteiger partial charge in [-0.15, -0.1) is 10.2 Å². The zero-order valence-corrected chi connectivity index (χ0v) is 20.5. The van der Waals surface area contributed by atoms with E-state index >= 15 is 0 Å². The number of carbonyl (C=O) groups is 1. The minimum atomic E-state index is -3.97. The molecule has 178 valence electrons. The Morgan fingerprint density at radius 3 is 2.56 bits per heavy atom. The summed E-state index contributed by atoms with van der Waals surface area (Å²) >= 11 is 6.66. The lowest BCUT2D eigenvalue weighted by Crippen LogP contribution is -2.46. The predicted molar refractivity (Wildman–Crippen MR) is 130 cm³/mol.